The summed E-state index contributed by atoms with van der Waals surface area (Å²) in [5.41, 5.74) is -0.0619. The lowest BCUT2D eigenvalue weighted by atomic mass is 9.98. The van der Waals surface area contributed by atoms with Crippen LogP contribution >= 0.6 is 0 Å². The molecule has 2 aromatic rings. The molecule has 6 atom stereocenters. The fraction of sp³-hybridized carbons (Fsp3) is 0.409. The second-order valence-corrected chi connectivity index (χ2v) is 7.57. The molecule has 11 heteroatoms. The summed E-state index contributed by atoms with van der Waals surface area (Å²) in [7, 11) is 0. The van der Waals surface area contributed by atoms with Crippen LogP contribution in [0.1, 0.15) is 23.7 Å². The van der Waals surface area contributed by atoms with Crippen LogP contribution in [0, 0.1) is 0 Å². The molecule has 1 aliphatic rings. The number of benzene rings is 2. The second-order valence-electron chi connectivity index (χ2n) is 7.57. The number of hydrogen-bond acceptors (Lipinski definition) is 7. The van der Waals surface area contributed by atoms with Crippen molar-refractivity contribution in [3.05, 3.63) is 65.7 Å². The molecule has 3 rings (SSSR count). The van der Waals surface area contributed by atoms with E-state index in [0.29, 0.717) is 0 Å². The molecule has 0 amide bonds. The van der Waals surface area contributed by atoms with Crippen LogP contribution in [0.15, 0.2) is 54.6 Å². The lowest BCUT2D eigenvalue weighted by molar-refractivity contribution is -0.234. The second kappa shape index (κ2) is 10.5. The number of aliphatic hydroxyl groups is 3. The quantitative estimate of drug-likeness (QED) is 0.394. The van der Waals surface area contributed by atoms with Crippen LogP contribution in [0.3, 0.4) is 0 Å². The first-order chi connectivity index (χ1) is 15.6. The highest BCUT2D eigenvalue weighted by molar-refractivity contribution is 5.73. The third-order valence-electron chi connectivity index (χ3n) is 5.24. The van der Waals surface area contributed by atoms with Crippen molar-refractivity contribution in [2.24, 2.45) is 0 Å². The molecule has 33 heavy (non-hydrogen) atoms. The predicted molar refractivity (Wildman–Crippen MR) is 108 cm³/mol. The Hall–Kier alpha value is -2.70. The number of carboxylic acids is 1. The van der Waals surface area contributed by atoms with Crippen molar-refractivity contribution in [1.29, 1.82) is 0 Å². The summed E-state index contributed by atoms with van der Waals surface area (Å²) in [6.07, 6.45) is -12.9. The van der Waals surface area contributed by atoms with Crippen LogP contribution in [0.5, 0.6) is 5.75 Å². The van der Waals surface area contributed by atoms with Crippen LogP contribution < -0.4 is 10.1 Å². The van der Waals surface area contributed by atoms with E-state index in [1.807, 2.05) is 0 Å². The third-order valence-corrected chi connectivity index (χ3v) is 5.24. The summed E-state index contributed by atoms with van der Waals surface area (Å²) in [5.74, 6) is -1.27. The largest absolute Gasteiger partial charge is 0.486 e. The van der Waals surface area contributed by atoms with E-state index in [2.05, 4.69) is 5.32 Å². The summed E-state index contributed by atoms with van der Waals surface area (Å²) >= 11 is 0. The van der Waals surface area contributed by atoms with Crippen molar-refractivity contribution in [2.45, 2.75) is 49.3 Å². The minimum atomic E-state index is -4.46. The first-order valence-corrected chi connectivity index (χ1v) is 10.1. The molecule has 5 N–H and O–H groups in total. The van der Waals surface area contributed by atoms with Gasteiger partial charge in [0.15, 0.2) is 6.10 Å². The Bertz CT molecular complexity index is 910. The van der Waals surface area contributed by atoms with Gasteiger partial charge in [-0.3, -0.25) is 5.32 Å². The first-order valence-electron chi connectivity index (χ1n) is 10.1. The van der Waals surface area contributed by atoms with Crippen LogP contribution in [0.25, 0.3) is 0 Å². The van der Waals surface area contributed by atoms with Gasteiger partial charge < -0.3 is 29.9 Å². The van der Waals surface area contributed by atoms with Crippen molar-refractivity contribution in [2.75, 3.05) is 6.54 Å². The Morgan fingerprint density at radius 1 is 1.00 bits per heavy atom. The number of aliphatic hydroxyl groups excluding tert-OH is 3. The Kier molecular flexibility index (Phi) is 7.92. The number of carbonyl (C=O) groups is 1. The number of ether oxygens (including phenoxy) is 2. The SMILES string of the molecule is O=C(O)C1OC(NCCC(Oc2ccc(C(F)(F)F)cc2)c2ccccc2)C(O)C(O)C1O. The van der Waals surface area contributed by atoms with Crippen LogP contribution in [-0.4, -0.2) is 63.6 Å². The number of halogens is 3. The van der Waals surface area contributed by atoms with Crippen molar-refractivity contribution >= 4 is 5.97 Å². The fourth-order valence-electron chi connectivity index (χ4n) is 3.46. The Morgan fingerprint density at radius 2 is 1.64 bits per heavy atom. The molecule has 0 aliphatic carbocycles. The minimum Gasteiger partial charge on any atom is -0.486 e. The number of rotatable bonds is 8. The van der Waals surface area contributed by atoms with Crippen molar-refractivity contribution in [3.8, 4) is 5.75 Å². The van der Waals surface area contributed by atoms with Gasteiger partial charge in [-0.15, -0.1) is 0 Å². The Morgan fingerprint density at radius 3 is 2.21 bits per heavy atom. The summed E-state index contributed by atoms with van der Waals surface area (Å²) in [6.45, 7) is 0.122. The molecule has 6 unspecified atom stereocenters. The monoisotopic (exact) mass is 471 g/mol. The van der Waals surface area contributed by atoms with Crippen LogP contribution in [-0.2, 0) is 15.7 Å². The number of alkyl halides is 3. The van der Waals surface area contributed by atoms with Gasteiger partial charge in [0.05, 0.1) is 5.56 Å². The Balaban J connectivity index is 1.67. The molecule has 1 heterocycles. The van der Waals surface area contributed by atoms with Gasteiger partial charge in [-0.05, 0) is 29.8 Å². The topological polar surface area (TPSA) is 128 Å². The highest BCUT2D eigenvalue weighted by atomic mass is 19.4. The highest BCUT2D eigenvalue weighted by Crippen LogP contribution is 2.32. The van der Waals surface area contributed by atoms with Gasteiger partial charge in [-0.25, -0.2) is 4.79 Å². The zero-order valence-corrected chi connectivity index (χ0v) is 17.2. The van der Waals surface area contributed by atoms with Crippen molar-refractivity contribution in [3.63, 3.8) is 0 Å². The minimum absolute atomic E-state index is 0.122. The number of hydrogen-bond donors (Lipinski definition) is 5. The molecule has 1 fully saturated rings. The number of aliphatic carboxylic acids is 1. The maximum absolute atomic E-state index is 12.8. The first kappa shape index (κ1) is 24.9. The van der Waals surface area contributed by atoms with Gasteiger partial charge in [0.2, 0.25) is 0 Å². The number of carboxylic acid groups (broad SMARTS) is 1. The summed E-state index contributed by atoms with van der Waals surface area (Å²) in [4.78, 5) is 11.2. The average molecular weight is 471 g/mol. The zero-order chi connectivity index (χ0) is 24.2. The molecule has 1 saturated heterocycles. The average Bonchev–Trinajstić information content (AvgIpc) is 2.78. The molecule has 0 radical (unpaired) electrons. The van der Waals surface area contributed by atoms with Gasteiger partial charge in [0, 0.05) is 13.0 Å². The van der Waals surface area contributed by atoms with Crippen molar-refractivity contribution in [1.82, 2.24) is 5.32 Å². The van der Waals surface area contributed by atoms with Gasteiger partial charge >= 0.3 is 12.1 Å². The van der Waals surface area contributed by atoms with Crippen molar-refractivity contribution < 1.29 is 47.9 Å². The molecule has 0 spiro atoms. The summed E-state index contributed by atoms with van der Waals surface area (Å²) < 4.78 is 49.5. The van der Waals surface area contributed by atoms with E-state index in [1.54, 1.807) is 30.3 Å². The predicted octanol–water partition coefficient (Wildman–Crippen LogP) is 1.70. The van der Waals surface area contributed by atoms with Gasteiger partial charge in [0.1, 0.15) is 36.4 Å². The van der Waals surface area contributed by atoms with Gasteiger partial charge in [0.25, 0.3) is 0 Å². The van der Waals surface area contributed by atoms with E-state index >= 15 is 0 Å². The number of nitrogens with one attached hydrogen (secondary N) is 1. The van der Waals surface area contributed by atoms with Gasteiger partial charge in [-0.1, -0.05) is 30.3 Å². The molecule has 0 saturated carbocycles. The van der Waals surface area contributed by atoms with Gasteiger partial charge in [-0.2, -0.15) is 13.2 Å². The molecular formula is C22H24F3NO7. The van der Waals surface area contributed by atoms with E-state index in [1.165, 1.54) is 12.1 Å². The summed E-state index contributed by atoms with van der Waals surface area (Å²) in [5, 5.41) is 41.7. The molecule has 8 nitrogen and oxygen atoms in total. The van der Waals surface area contributed by atoms with Crippen LogP contribution in [0.2, 0.25) is 0 Å². The Labute approximate surface area is 187 Å². The highest BCUT2D eigenvalue weighted by Gasteiger charge is 2.46. The third kappa shape index (κ3) is 6.21. The fourth-order valence-corrected chi connectivity index (χ4v) is 3.46. The van der Waals surface area contributed by atoms with E-state index in [9.17, 15) is 33.3 Å². The molecule has 0 aromatic heterocycles. The maximum Gasteiger partial charge on any atom is 0.416 e. The van der Waals surface area contributed by atoms with E-state index in [0.717, 1.165) is 17.7 Å². The maximum atomic E-state index is 12.8. The molecule has 0 bridgehead atoms. The lowest BCUT2D eigenvalue weighted by Gasteiger charge is -2.39. The molecule has 180 valence electrons. The van der Waals surface area contributed by atoms with E-state index in [-0.39, 0.29) is 18.7 Å². The molecule has 1 aliphatic heterocycles. The summed E-state index contributed by atoms with van der Waals surface area (Å²) in [6, 6.07) is 13.2. The molecular weight excluding hydrogens is 447 g/mol. The van der Waals surface area contributed by atoms with Crippen LogP contribution in [0.4, 0.5) is 13.2 Å². The normalized spacial score (nSPS) is 26.5. The van der Waals surface area contributed by atoms with E-state index in [4.69, 9.17) is 14.6 Å². The smallest absolute Gasteiger partial charge is 0.416 e. The zero-order valence-electron chi connectivity index (χ0n) is 17.2. The lowest BCUT2D eigenvalue weighted by Crippen LogP contribution is -2.63. The standard InChI is InChI=1S/C22H24F3NO7/c23-22(24,25)13-6-8-14(9-7-13)32-15(12-4-2-1-3-5-12)10-11-26-20-18(29)16(27)17(28)19(33-20)21(30)31/h1-9,15-20,26-29H,10-11H2,(H,30,31). The van der Waals surface area contributed by atoms with E-state index < -0.39 is 54.5 Å². The molecule has 2 aromatic carbocycles.